The largest absolute Gasteiger partial charge is 0.493 e. The van der Waals surface area contributed by atoms with Gasteiger partial charge in [-0.2, -0.15) is 0 Å². The number of rotatable bonds is 8. The summed E-state index contributed by atoms with van der Waals surface area (Å²) >= 11 is 6.14. The Balaban J connectivity index is 1.76. The van der Waals surface area contributed by atoms with Gasteiger partial charge in [-0.05, 0) is 35.9 Å². The van der Waals surface area contributed by atoms with Gasteiger partial charge < -0.3 is 25.2 Å². The molecule has 0 atom stereocenters. The first-order valence-corrected chi connectivity index (χ1v) is 9.68. The molecule has 1 saturated heterocycles. The molecule has 172 valence electrons. The molecule has 12 heteroatoms. The average Bonchev–Trinajstić information content (AvgIpc) is 3.01. The Morgan fingerprint density at radius 2 is 2.00 bits per heavy atom. The fourth-order valence-electron chi connectivity index (χ4n) is 2.87. The fourth-order valence-corrected chi connectivity index (χ4v) is 3.15. The van der Waals surface area contributed by atoms with Crippen LogP contribution in [0.25, 0.3) is 6.08 Å². The second kappa shape index (κ2) is 10.0. The van der Waals surface area contributed by atoms with E-state index in [9.17, 15) is 23.6 Å². The summed E-state index contributed by atoms with van der Waals surface area (Å²) in [5.74, 6) is -3.33. The van der Waals surface area contributed by atoms with E-state index >= 15 is 0 Å². The maximum atomic E-state index is 13.7. The third-order valence-corrected chi connectivity index (χ3v) is 4.60. The van der Waals surface area contributed by atoms with Gasteiger partial charge in [0.25, 0.3) is 5.91 Å². The van der Waals surface area contributed by atoms with Gasteiger partial charge in [-0.25, -0.2) is 18.9 Å². The fraction of sp³-hybridized carbons (Fsp3) is 0.143. The standard InChI is InChI=1S/C21H17ClFN3O7/c1-32-16-8-11(6-12(22)19(16)33-10-18(28)29)7-15-20(30)26(21(31)25-15)9-17(27)24-14-5-3-2-4-13(14)23/h2-8H,9-10H2,1H3,(H,24,27)(H,25,31)(H,28,29)/b15-7+. The number of carbonyl (C=O) groups excluding carboxylic acids is 3. The molecule has 1 heterocycles. The maximum Gasteiger partial charge on any atom is 0.341 e. The summed E-state index contributed by atoms with van der Waals surface area (Å²) < 4.78 is 24.0. The number of anilines is 1. The molecule has 0 radical (unpaired) electrons. The van der Waals surface area contributed by atoms with Crippen molar-refractivity contribution in [3.63, 3.8) is 0 Å². The van der Waals surface area contributed by atoms with E-state index in [4.69, 9.17) is 26.2 Å². The molecule has 3 N–H and O–H groups in total. The van der Waals surface area contributed by atoms with Crippen molar-refractivity contribution in [2.24, 2.45) is 0 Å². The number of imide groups is 1. The van der Waals surface area contributed by atoms with E-state index in [1.165, 1.54) is 43.5 Å². The number of amides is 4. The molecule has 0 bridgehead atoms. The maximum absolute atomic E-state index is 13.7. The van der Waals surface area contributed by atoms with E-state index in [-0.39, 0.29) is 27.9 Å². The molecule has 3 rings (SSSR count). The number of nitrogens with zero attached hydrogens (tertiary/aromatic N) is 1. The topological polar surface area (TPSA) is 134 Å². The van der Waals surface area contributed by atoms with E-state index in [0.29, 0.717) is 10.5 Å². The first kappa shape index (κ1) is 23.5. The van der Waals surface area contributed by atoms with Crippen LogP contribution in [0.4, 0.5) is 14.9 Å². The Morgan fingerprint density at radius 1 is 1.27 bits per heavy atom. The van der Waals surface area contributed by atoms with Gasteiger partial charge in [-0.15, -0.1) is 0 Å². The quantitative estimate of drug-likeness (QED) is 0.392. The Labute approximate surface area is 191 Å². The molecule has 4 amide bonds. The van der Waals surface area contributed by atoms with Crippen molar-refractivity contribution < 1.29 is 38.1 Å². The molecular formula is C21H17ClFN3O7. The van der Waals surface area contributed by atoms with Crippen LogP contribution < -0.4 is 20.1 Å². The summed E-state index contributed by atoms with van der Waals surface area (Å²) in [4.78, 5) is 48.4. The number of nitrogens with one attached hydrogen (secondary N) is 2. The number of carbonyl (C=O) groups is 4. The summed E-state index contributed by atoms with van der Waals surface area (Å²) in [5.41, 5.74) is 0.106. The second-order valence-corrected chi connectivity index (χ2v) is 7.03. The number of aliphatic carboxylic acids is 1. The third kappa shape index (κ3) is 5.57. The average molecular weight is 478 g/mol. The zero-order chi connectivity index (χ0) is 24.1. The zero-order valence-corrected chi connectivity index (χ0v) is 17.8. The van der Waals surface area contributed by atoms with Crippen molar-refractivity contribution in [1.29, 1.82) is 0 Å². The molecule has 10 nitrogen and oxygen atoms in total. The van der Waals surface area contributed by atoms with Gasteiger partial charge in [-0.1, -0.05) is 23.7 Å². The lowest BCUT2D eigenvalue weighted by molar-refractivity contribution is -0.139. The monoisotopic (exact) mass is 477 g/mol. The number of hydrogen-bond donors (Lipinski definition) is 3. The van der Waals surface area contributed by atoms with Gasteiger partial charge >= 0.3 is 12.0 Å². The van der Waals surface area contributed by atoms with E-state index in [1.807, 2.05) is 0 Å². The van der Waals surface area contributed by atoms with Crippen LogP contribution in [0.15, 0.2) is 42.1 Å². The van der Waals surface area contributed by atoms with Gasteiger partial charge in [0.1, 0.15) is 18.1 Å². The van der Waals surface area contributed by atoms with Crippen molar-refractivity contribution >= 4 is 47.2 Å². The highest BCUT2D eigenvalue weighted by atomic mass is 35.5. The molecule has 2 aromatic rings. The summed E-state index contributed by atoms with van der Waals surface area (Å²) in [7, 11) is 1.31. The Morgan fingerprint density at radius 3 is 2.67 bits per heavy atom. The minimum atomic E-state index is -1.21. The second-order valence-electron chi connectivity index (χ2n) is 6.62. The molecule has 1 aliphatic rings. The molecule has 33 heavy (non-hydrogen) atoms. The number of halogens is 2. The van der Waals surface area contributed by atoms with Gasteiger partial charge in [-0.3, -0.25) is 9.59 Å². The molecule has 1 fully saturated rings. The Bertz CT molecular complexity index is 1170. The lowest BCUT2D eigenvalue weighted by atomic mass is 10.1. The minimum Gasteiger partial charge on any atom is -0.493 e. The van der Waals surface area contributed by atoms with Crippen LogP contribution in [-0.4, -0.2) is 54.1 Å². The van der Waals surface area contributed by atoms with Gasteiger partial charge in [0.2, 0.25) is 5.91 Å². The van der Waals surface area contributed by atoms with Crippen LogP contribution in [-0.2, 0) is 14.4 Å². The predicted octanol–water partition coefficient (Wildman–Crippen LogP) is 2.48. The number of ether oxygens (including phenoxy) is 2. The molecule has 0 spiro atoms. The van der Waals surface area contributed by atoms with Crippen molar-refractivity contribution in [2.75, 3.05) is 25.6 Å². The highest BCUT2D eigenvalue weighted by Gasteiger charge is 2.35. The van der Waals surface area contributed by atoms with Crippen LogP contribution in [0.3, 0.4) is 0 Å². The Kier molecular flexibility index (Phi) is 7.13. The van der Waals surface area contributed by atoms with Gasteiger partial charge in [0.15, 0.2) is 18.1 Å². The van der Waals surface area contributed by atoms with Crippen LogP contribution >= 0.6 is 11.6 Å². The van der Waals surface area contributed by atoms with E-state index < -0.39 is 42.8 Å². The summed E-state index contributed by atoms with van der Waals surface area (Å²) in [6.07, 6.45) is 1.30. The van der Waals surface area contributed by atoms with Gasteiger partial charge in [0.05, 0.1) is 17.8 Å². The number of urea groups is 1. The van der Waals surface area contributed by atoms with Gasteiger partial charge in [0, 0.05) is 0 Å². The summed E-state index contributed by atoms with van der Waals surface area (Å²) in [6.45, 7) is -1.28. The molecule has 1 aliphatic heterocycles. The van der Waals surface area contributed by atoms with Crippen molar-refractivity contribution in [2.45, 2.75) is 0 Å². The predicted molar refractivity (Wildman–Crippen MR) is 114 cm³/mol. The lowest BCUT2D eigenvalue weighted by Gasteiger charge is -2.12. The third-order valence-electron chi connectivity index (χ3n) is 4.31. The highest BCUT2D eigenvalue weighted by Crippen LogP contribution is 2.37. The van der Waals surface area contributed by atoms with Crippen molar-refractivity contribution in [3.8, 4) is 11.5 Å². The first-order valence-electron chi connectivity index (χ1n) is 9.30. The smallest absolute Gasteiger partial charge is 0.341 e. The number of para-hydroxylation sites is 1. The molecular weight excluding hydrogens is 461 g/mol. The molecule has 0 saturated carbocycles. The first-order chi connectivity index (χ1) is 15.7. The highest BCUT2D eigenvalue weighted by molar-refractivity contribution is 6.32. The summed E-state index contributed by atoms with van der Waals surface area (Å²) in [5, 5.41) is 13.4. The van der Waals surface area contributed by atoms with Crippen LogP contribution in [0.2, 0.25) is 5.02 Å². The number of hydrogen-bond acceptors (Lipinski definition) is 6. The number of benzene rings is 2. The molecule has 2 aromatic carbocycles. The minimum absolute atomic E-state index is 0.00283. The van der Waals surface area contributed by atoms with E-state index in [0.717, 1.165) is 6.07 Å². The summed E-state index contributed by atoms with van der Waals surface area (Å²) in [6, 6.07) is 7.42. The molecule has 0 aliphatic carbocycles. The number of methoxy groups -OCH3 is 1. The van der Waals surface area contributed by atoms with Crippen LogP contribution in [0.5, 0.6) is 11.5 Å². The normalized spacial score (nSPS) is 14.3. The SMILES string of the molecule is COc1cc(/C=C2/NC(=O)N(CC(=O)Nc3ccccc3F)C2=O)cc(Cl)c1OCC(=O)O. The molecule has 0 unspecified atom stereocenters. The van der Waals surface area contributed by atoms with Crippen LogP contribution in [0.1, 0.15) is 5.56 Å². The van der Waals surface area contributed by atoms with Crippen molar-refractivity contribution in [1.82, 2.24) is 10.2 Å². The van der Waals surface area contributed by atoms with Crippen molar-refractivity contribution in [3.05, 3.63) is 58.5 Å². The van der Waals surface area contributed by atoms with Crippen LogP contribution in [0, 0.1) is 5.82 Å². The van der Waals surface area contributed by atoms with E-state index in [1.54, 1.807) is 0 Å². The molecule has 0 aromatic heterocycles. The lowest BCUT2D eigenvalue weighted by Crippen LogP contribution is -2.38. The number of carboxylic acid groups (broad SMARTS) is 1. The zero-order valence-electron chi connectivity index (χ0n) is 17.1. The number of carboxylic acids is 1. The Hall–Kier alpha value is -4.12. The van der Waals surface area contributed by atoms with E-state index in [2.05, 4.69) is 10.6 Å².